The van der Waals surface area contributed by atoms with Crippen LogP contribution < -0.4 is 4.74 Å². The summed E-state index contributed by atoms with van der Waals surface area (Å²) < 4.78 is 11.2. The van der Waals surface area contributed by atoms with Crippen LogP contribution in [0.1, 0.15) is 56.0 Å². The third-order valence-corrected chi connectivity index (χ3v) is 5.42. The van der Waals surface area contributed by atoms with E-state index in [2.05, 4.69) is 13.8 Å². The molecule has 3 rings (SSSR count). The molecule has 0 unspecified atom stereocenters. The van der Waals surface area contributed by atoms with Crippen LogP contribution in [0.25, 0.3) is 0 Å². The number of piperidine rings is 1. The molecule has 154 valence electrons. The zero-order valence-electron chi connectivity index (χ0n) is 17.3. The molecular formula is C24H29NO4. The van der Waals surface area contributed by atoms with Crippen molar-refractivity contribution in [1.82, 2.24) is 4.90 Å². The number of likely N-dealkylation sites (tertiary alicyclic amines) is 1. The van der Waals surface area contributed by atoms with Gasteiger partial charge in [-0.15, -0.1) is 0 Å². The van der Waals surface area contributed by atoms with Crippen molar-refractivity contribution in [2.45, 2.75) is 64.8 Å². The molecule has 2 aromatic rings. The normalized spacial score (nSPS) is 20.0. The fourth-order valence-corrected chi connectivity index (χ4v) is 3.77. The van der Waals surface area contributed by atoms with Crippen LogP contribution in [0.3, 0.4) is 0 Å². The number of hydrogen-bond donors (Lipinski definition) is 0. The minimum Gasteiger partial charge on any atom is -0.489 e. The molecule has 0 saturated carbocycles. The number of carbonyl (C=O) groups excluding carboxylic acids is 2. The summed E-state index contributed by atoms with van der Waals surface area (Å²) in [6.45, 7) is 6.21. The maximum absolute atomic E-state index is 12.8. The summed E-state index contributed by atoms with van der Waals surface area (Å²) in [6.07, 6.45) is 2.29. The summed E-state index contributed by atoms with van der Waals surface area (Å²) in [5.41, 5.74) is 1.47. The summed E-state index contributed by atoms with van der Waals surface area (Å²) in [5.74, 6) is 0.0455. The third kappa shape index (κ3) is 5.37. The third-order valence-electron chi connectivity index (χ3n) is 5.42. The van der Waals surface area contributed by atoms with E-state index >= 15 is 0 Å². The molecule has 0 N–H and O–H groups in total. The predicted molar refractivity (Wildman–Crippen MR) is 112 cm³/mol. The fourth-order valence-electron chi connectivity index (χ4n) is 3.77. The predicted octanol–water partition coefficient (Wildman–Crippen LogP) is 4.60. The number of carbonyl (C=O) groups is 2. The topological polar surface area (TPSA) is 55.8 Å². The van der Waals surface area contributed by atoms with Crippen LogP contribution in [0.15, 0.2) is 54.6 Å². The van der Waals surface area contributed by atoms with Gasteiger partial charge < -0.3 is 14.4 Å². The van der Waals surface area contributed by atoms with Gasteiger partial charge in [-0.2, -0.15) is 0 Å². The maximum atomic E-state index is 12.8. The van der Waals surface area contributed by atoms with Gasteiger partial charge in [0.25, 0.3) is 5.91 Å². The van der Waals surface area contributed by atoms with Crippen LogP contribution in [0.5, 0.6) is 5.75 Å². The van der Waals surface area contributed by atoms with Crippen molar-refractivity contribution < 1.29 is 19.1 Å². The fraction of sp³-hybridized carbons (Fsp3) is 0.417. The summed E-state index contributed by atoms with van der Waals surface area (Å²) >= 11 is 0. The van der Waals surface area contributed by atoms with Crippen molar-refractivity contribution in [2.75, 3.05) is 0 Å². The molecule has 1 aliphatic rings. The van der Waals surface area contributed by atoms with Crippen molar-refractivity contribution >= 4 is 11.9 Å². The molecule has 1 heterocycles. The number of esters is 1. The number of amides is 1. The van der Waals surface area contributed by atoms with E-state index < -0.39 is 12.1 Å². The van der Waals surface area contributed by atoms with Gasteiger partial charge in [0.1, 0.15) is 12.4 Å². The van der Waals surface area contributed by atoms with E-state index in [9.17, 15) is 9.59 Å². The molecule has 2 aromatic carbocycles. The van der Waals surface area contributed by atoms with Crippen molar-refractivity contribution in [1.29, 1.82) is 0 Å². The number of benzene rings is 2. The largest absolute Gasteiger partial charge is 0.489 e. The lowest BCUT2D eigenvalue weighted by Crippen LogP contribution is -2.51. The van der Waals surface area contributed by atoms with Crippen LogP contribution in [0, 0.1) is 0 Å². The SMILES string of the molecule is C[C@@H]1CCC[C@H](C)N1C(=O)[C@@H](C)OC(=O)c1ccc(OCc2ccccc2)cc1. The highest BCUT2D eigenvalue weighted by molar-refractivity contribution is 5.92. The van der Waals surface area contributed by atoms with Crippen molar-refractivity contribution in [3.05, 3.63) is 65.7 Å². The minimum atomic E-state index is -0.806. The van der Waals surface area contributed by atoms with Gasteiger partial charge in [-0.1, -0.05) is 30.3 Å². The number of ether oxygens (including phenoxy) is 2. The summed E-state index contributed by atoms with van der Waals surface area (Å²) in [4.78, 5) is 27.1. The molecule has 29 heavy (non-hydrogen) atoms. The Labute approximate surface area is 172 Å². The van der Waals surface area contributed by atoms with Gasteiger partial charge in [0, 0.05) is 12.1 Å². The first-order valence-corrected chi connectivity index (χ1v) is 10.3. The first-order valence-electron chi connectivity index (χ1n) is 10.3. The smallest absolute Gasteiger partial charge is 0.338 e. The first kappa shape index (κ1) is 20.9. The van der Waals surface area contributed by atoms with Crippen LogP contribution in [-0.2, 0) is 16.1 Å². The van der Waals surface area contributed by atoms with E-state index in [4.69, 9.17) is 9.47 Å². The van der Waals surface area contributed by atoms with Gasteiger partial charge in [0.15, 0.2) is 6.10 Å². The van der Waals surface area contributed by atoms with E-state index in [1.807, 2.05) is 35.2 Å². The highest BCUT2D eigenvalue weighted by Gasteiger charge is 2.33. The van der Waals surface area contributed by atoms with Crippen LogP contribution in [0.4, 0.5) is 0 Å². The molecule has 0 aliphatic carbocycles. The number of nitrogens with zero attached hydrogens (tertiary/aromatic N) is 1. The highest BCUT2D eigenvalue weighted by Crippen LogP contribution is 2.24. The Morgan fingerprint density at radius 1 is 1.00 bits per heavy atom. The summed E-state index contributed by atoms with van der Waals surface area (Å²) in [5, 5.41) is 0. The van der Waals surface area contributed by atoms with Crippen molar-refractivity contribution in [2.24, 2.45) is 0 Å². The van der Waals surface area contributed by atoms with Gasteiger partial charge in [-0.3, -0.25) is 4.79 Å². The molecule has 1 fully saturated rings. The van der Waals surface area contributed by atoms with E-state index in [0.29, 0.717) is 17.9 Å². The zero-order valence-corrected chi connectivity index (χ0v) is 17.3. The molecule has 0 spiro atoms. The lowest BCUT2D eigenvalue weighted by Gasteiger charge is -2.40. The molecule has 5 heteroatoms. The molecule has 1 amide bonds. The maximum Gasteiger partial charge on any atom is 0.338 e. The zero-order chi connectivity index (χ0) is 20.8. The van der Waals surface area contributed by atoms with Gasteiger partial charge in [0.05, 0.1) is 5.56 Å². The van der Waals surface area contributed by atoms with Crippen LogP contribution in [-0.4, -0.2) is 35.0 Å². The molecule has 1 saturated heterocycles. The van der Waals surface area contributed by atoms with Crippen LogP contribution in [0.2, 0.25) is 0 Å². The van der Waals surface area contributed by atoms with Gasteiger partial charge in [-0.25, -0.2) is 4.79 Å². The molecule has 5 nitrogen and oxygen atoms in total. The molecule has 0 bridgehead atoms. The second kappa shape index (κ2) is 9.59. The van der Waals surface area contributed by atoms with Crippen LogP contribution >= 0.6 is 0 Å². The second-order valence-electron chi connectivity index (χ2n) is 7.72. The Balaban J connectivity index is 1.55. The summed E-state index contributed by atoms with van der Waals surface area (Å²) in [6, 6.07) is 17.0. The van der Waals surface area contributed by atoms with E-state index in [1.54, 1.807) is 31.2 Å². The lowest BCUT2D eigenvalue weighted by molar-refractivity contribution is -0.146. The van der Waals surface area contributed by atoms with E-state index in [1.165, 1.54) is 0 Å². The average molecular weight is 395 g/mol. The second-order valence-corrected chi connectivity index (χ2v) is 7.72. The van der Waals surface area contributed by atoms with E-state index in [-0.39, 0.29) is 18.0 Å². The average Bonchev–Trinajstić information content (AvgIpc) is 2.73. The van der Waals surface area contributed by atoms with Crippen molar-refractivity contribution in [3.63, 3.8) is 0 Å². The molecule has 1 aliphatic heterocycles. The van der Waals surface area contributed by atoms with Gasteiger partial charge >= 0.3 is 5.97 Å². The number of rotatable bonds is 6. The Hall–Kier alpha value is -2.82. The van der Waals surface area contributed by atoms with Crippen molar-refractivity contribution in [3.8, 4) is 5.75 Å². The molecule has 3 atom stereocenters. The quantitative estimate of drug-likeness (QED) is 0.671. The molecular weight excluding hydrogens is 366 g/mol. The highest BCUT2D eigenvalue weighted by atomic mass is 16.5. The Morgan fingerprint density at radius 2 is 1.62 bits per heavy atom. The number of hydrogen-bond acceptors (Lipinski definition) is 4. The van der Waals surface area contributed by atoms with Gasteiger partial charge in [0.2, 0.25) is 0 Å². The lowest BCUT2D eigenvalue weighted by atomic mass is 9.97. The first-order chi connectivity index (χ1) is 14.0. The van der Waals surface area contributed by atoms with E-state index in [0.717, 1.165) is 24.8 Å². The minimum absolute atomic E-state index is 0.124. The standard InChI is InChI=1S/C24H29NO4/c1-17-8-7-9-18(2)25(17)23(26)19(3)29-24(27)21-12-14-22(15-13-21)28-16-20-10-5-4-6-11-20/h4-6,10-15,17-19H,7-9,16H2,1-3H3/t17-,18+,19-/m1/s1. The van der Waals surface area contributed by atoms with Gasteiger partial charge in [-0.05, 0) is 69.9 Å². The molecule has 0 radical (unpaired) electrons. The monoisotopic (exact) mass is 395 g/mol. The summed E-state index contributed by atoms with van der Waals surface area (Å²) in [7, 11) is 0. The Kier molecular flexibility index (Phi) is 6.91. The Bertz CT molecular complexity index is 809. The Morgan fingerprint density at radius 3 is 2.24 bits per heavy atom. The molecule has 0 aromatic heterocycles.